The molecule has 1 aromatic rings. The predicted molar refractivity (Wildman–Crippen MR) is 73.7 cm³/mol. The van der Waals surface area contributed by atoms with Gasteiger partial charge in [0, 0.05) is 6.54 Å². The van der Waals surface area contributed by atoms with Crippen molar-refractivity contribution in [1.82, 2.24) is 4.90 Å². The van der Waals surface area contributed by atoms with Crippen LogP contribution < -0.4 is 0 Å². The van der Waals surface area contributed by atoms with Crippen molar-refractivity contribution >= 4 is 5.97 Å². The summed E-state index contributed by atoms with van der Waals surface area (Å²) in [6.45, 7) is 6.84. The van der Waals surface area contributed by atoms with Gasteiger partial charge in [-0.3, -0.25) is 9.69 Å². The molecule has 0 amide bonds. The number of likely N-dealkylation sites (N-methyl/N-ethyl adjacent to an activating group) is 1. The van der Waals surface area contributed by atoms with Crippen molar-refractivity contribution in [2.45, 2.75) is 32.7 Å². The number of carbonyl (C=O) groups is 1. The summed E-state index contributed by atoms with van der Waals surface area (Å²) in [7, 11) is 1.87. The molecule has 1 aromatic carbocycles. The molecule has 0 saturated carbocycles. The second-order valence-corrected chi connectivity index (χ2v) is 5.21. The summed E-state index contributed by atoms with van der Waals surface area (Å²) in [5, 5.41) is 9.03. The summed E-state index contributed by atoms with van der Waals surface area (Å²) in [5.41, 5.74) is 1.27. The molecular formula is C15H23NO2. The fourth-order valence-corrected chi connectivity index (χ4v) is 2.06. The molecule has 0 heterocycles. The highest BCUT2D eigenvalue weighted by molar-refractivity contribution is 5.72. The molecule has 1 N–H and O–H groups in total. The molecule has 0 aliphatic rings. The average molecular weight is 249 g/mol. The van der Waals surface area contributed by atoms with Crippen LogP contribution in [0.1, 0.15) is 32.3 Å². The van der Waals surface area contributed by atoms with Gasteiger partial charge in [-0.15, -0.1) is 0 Å². The molecule has 2 atom stereocenters. The van der Waals surface area contributed by atoms with Crippen molar-refractivity contribution in [3.8, 4) is 0 Å². The summed E-state index contributed by atoms with van der Waals surface area (Å²) in [6, 6.07) is 9.85. The number of carboxylic acid groups (broad SMARTS) is 1. The molecule has 18 heavy (non-hydrogen) atoms. The van der Waals surface area contributed by atoms with Crippen molar-refractivity contribution in [1.29, 1.82) is 0 Å². The number of rotatable bonds is 6. The molecule has 3 nitrogen and oxygen atoms in total. The smallest absolute Gasteiger partial charge is 0.320 e. The van der Waals surface area contributed by atoms with Crippen molar-refractivity contribution in [2.75, 3.05) is 13.6 Å². The SMILES string of the molecule is CC(C)C(CN(C)C(C)C(=O)O)c1ccccc1. The zero-order valence-corrected chi connectivity index (χ0v) is 11.6. The molecular weight excluding hydrogens is 226 g/mol. The van der Waals surface area contributed by atoms with Gasteiger partial charge in [0.2, 0.25) is 0 Å². The van der Waals surface area contributed by atoms with E-state index in [0.717, 1.165) is 6.54 Å². The lowest BCUT2D eigenvalue weighted by molar-refractivity contribution is -0.142. The van der Waals surface area contributed by atoms with Crippen LogP contribution in [0.25, 0.3) is 0 Å². The Hall–Kier alpha value is -1.35. The molecule has 0 spiro atoms. The normalized spacial score (nSPS) is 14.8. The lowest BCUT2D eigenvalue weighted by atomic mass is 9.88. The van der Waals surface area contributed by atoms with E-state index in [2.05, 4.69) is 26.0 Å². The number of hydrogen-bond donors (Lipinski definition) is 1. The minimum Gasteiger partial charge on any atom is -0.480 e. The van der Waals surface area contributed by atoms with Crippen molar-refractivity contribution in [3.63, 3.8) is 0 Å². The molecule has 0 aliphatic heterocycles. The van der Waals surface area contributed by atoms with Gasteiger partial charge < -0.3 is 5.11 Å². The lowest BCUT2D eigenvalue weighted by Gasteiger charge is -2.29. The zero-order chi connectivity index (χ0) is 13.7. The van der Waals surface area contributed by atoms with Gasteiger partial charge >= 0.3 is 5.97 Å². The Labute approximate surface area is 109 Å². The van der Waals surface area contributed by atoms with E-state index in [1.54, 1.807) is 6.92 Å². The number of benzene rings is 1. The Morgan fingerprint density at radius 2 is 1.78 bits per heavy atom. The van der Waals surface area contributed by atoms with Crippen LogP contribution in [0.15, 0.2) is 30.3 Å². The molecule has 0 aliphatic carbocycles. The zero-order valence-electron chi connectivity index (χ0n) is 11.6. The summed E-state index contributed by atoms with van der Waals surface area (Å²) in [4.78, 5) is 12.9. The maximum atomic E-state index is 11.0. The van der Waals surface area contributed by atoms with Crippen LogP contribution in [0, 0.1) is 5.92 Å². The third-order valence-electron chi connectivity index (χ3n) is 3.54. The number of hydrogen-bond acceptors (Lipinski definition) is 2. The Balaban J connectivity index is 2.79. The van der Waals surface area contributed by atoms with E-state index >= 15 is 0 Å². The third-order valence-corrected chi connectivity index (χ3v) is 3.54. The van der Waals surface area contributed by atoms with E-state index in [0.29, 0.717) is 11.8 Å². The molecule has 1 rings (SSSR count). The minimum absolute atomic E-state index is 0.359. The van der Waals surface area contributed by atoms with Gasteiger partial charge in [-0.1, -0.05) is 44.2 Å². The van der Waals surface area contributed by atoms with Crippen LogP contribution >= 0.6 is 0 Å². The first-order chi connectivity index (χ1) is 8.43. The van der Waals surface area contributed by atoms with Crippen LogP contribution in [0.3, 0.4) is 0 Å². The Morgan fingerprint density at radius 1 is 1.22 bits per heavy atom. The van der Waals surface area contributed by atoms with Crippen LogP contribution in [-0.4, -0.2) is 35.6 Å². The first kappa shape index (κ1) is 14.7. The molecule has 0 bridgehead atoms. The quantitative estimate of drug-likeness (QED) is 0.842. The second kappa shape index (κ2) is 6.55. The van der Waals surface area contributed by atoms with Crippen molar-refractivity contribution < 1.29 is 9.90 Å². The second-order valence-electron chi connectivity index (χ2n) is 5.21. The Kier molecular flexibility index (Phi) is 5.35. The Bertz CT molecular complexity index is 375. The highest BCUT2D eigenvalue weighted by Crippen LogP contribution is 2.25. The molecule has 0 fully saturated rings. The summed E-state index contributed by atoms with van der Waals surface area (Å²) in [5.74, 6) is 0.0712. The standard InChI is InChI=1S/C15H23NO2/c1-11(2)14(13-8-6-5-7-9-13)10-16(4)12(3)15(17)18/h5-9,11-12,14H,10H2,1-4H3,(H,17,18). The fraction of sp³-hybridized carbons (Fsp3) is 0.533. The van der Waals surface area contributed by atoms with Gasteiger partial charge in [0.15, 0.2) is 0 Å². The average Bonchev–Trinajstić information content (AvgIpc) is 2.35. The largest absolute Gasteiger partial charge is 0.480 e. The number of aliphatic carboxylic acids is 1. The molecule has 0 radical (unpaired) electrons. The van der Waals surface area contributed by atoms with E-state index in [1.807, 2.05) is 30.1 Å². The van der Waals surface area contributed by atoms with Crippen LogP contribution in [0.4, 0.5) is 0 Å². The van der Waals surface area contributed by atoms with Crippen LogP contribution in [-0.2, 0) is 4.79 Å². The lowest BCUT2D eigenvalue weighted by Crippen LogP contribution is -2.39. The van der Waals surface area contributed by atoms with E-state index in [4.69, 9.17) is 5.11 Å². The van der Waals surface area contributed by atoms with Crippen LogP contribution in [0.5, 0.6) is 0 Å². The first-order valence-electron chi connectivity index (χ1n) is 6.41. The van der Waals surface area contributed by atoms with Crippen molar-refractivity contribution in [2.24, 2.45) is 5.92 Å². The monoisotopic (exact) mass is 249 g/mol. The van der Waals surface area contributed by atoms with E-state index < -0.39 is 12.0 Å². The summed E-state index contributed by atoms with van der Waals surface area (Å²) >= 11 is 0. The van der Waals surface area contributed by atoms with Gasteiger partial charge in [0.1, 0.15) is 6.04 Å². The van der Waals surface area contributed by atoms with E-state index in [1.165, 1.54) is 5.56 Å². The van der Waals surface area contributed by atoms with E-state index in [-0.39, 0.29) is 0 Å². The predicted octanol–water partition coefficient (Wildman–Crippen LogP) is 2.83. The fourth-order valence-electron chi connectivity index (χ4n) is 2.06. The van der Waals surface area contributed by atoms with Gasteiger partial charge in [0.25, 0.3) is 0 Å². The topological polar surface area (TPSA) is 40.5 Å². The van der Waals surface area contributed by atoms with Gasteiger partial charge in [0.05, 0.1) is 0 Å². The van der Waals surface area contributed by atoms with Gasteiger partial charge in [-0.25, -0.2) is 0 Å². The molecule has 3 heteroatoms. The highest BCUT2D eigenvalue weighted by atomic mass is 16.4. The molecule has 0 saturated heterocycles. The molecule has 2 unspecified atom stereocenters. The first-order valence-corrected chi connectivity index (χ1v) is 6.41. The maximum absolute atomic E-state index is 11.0. The van der Waals surface area contributed by atoms with E-state index in [9.17, 15) is 4.79 Å². The highest BCUT2D eigenvalue weighted by Gasteiger charge is 2.23. The third kappa shape index (κ3) is 3.84. The minimum atomic E-state index is -0.770. The number of nitrogens with zero attached hydrogens (tertiary/aromatic N) is 1. The van der Waals surface area contributed by atoms with Gasteiger partial charge in [-0.05, 0) is 31.4 Å². The Morgan fingerprint density at radius 3 is 2.22 bits per heavy atom. The molecule has 0 aromatic heterocycles. The summed E-state index contributed by atoms with van der Waals surface area (Å²) in [6.07, 6.45) is 0. The maximum Gasteiger partial charge on any atom is 0.320 e. The van der Waals surface area contributed by atoms with Crippen molar-refractivity contribution in [3.05, 3.63) is 35.9 Å². The van der Waals surface area contributed by atoms with Gasteiger partial charge in [-0.2, -0.15) is 0 Å². The summed E-state index contributed by atoms with van der Waals surface area (Å²) < 4.78 is 0. The van der Waals surface area contributed by atoms with Crippen LogP contribution in [0.2, 0.25) is 0 Å². The molecule has 100 valence electrons. The number of carboxylic acids is 1.